The average Bonchev–Trinajstić information content (AvgIpc) is 2.65. The Morgan fingerprint density at radius 1 is 1.04 bits per heavy atom. The van der Waals surface area contributed by atoms with E-state index in [1.165, 1.54) is 11.1 Å². The first kappa shape index (κ1) is 19.3. The molecule has 0 atom stereocenters. The number of para-hydroxylation sites is 1. The van der Waals surface area contributed by atoms with Crippen molar-refractivity contribution in [1.29, 1.82) is 0 Å². The number of thioether (sulfide) groups is 1. The van der Waals surface area contributed by atoms with Crippen molar-refractivity contribution in [3.8, 4) is 11.5 Å². The van der Waals surface area contributed by atoms with Gasteiger partial charge in [-0.15, -0.1) is 11.8 Å². The van der Waals surface area contributed by atoms with Crippen molar-refractivity contribution < 1.29 is 9.53 Å². The summed E-state index contributed by atoms with van der Waals surface area (Å²) < 4.78 is 5.87. The molecule has 3 aromatic carbocycles. The van der Waals surface area contributed by atoms with Gasteiger partial charge in [-0.3, -0.25) is 4.79 Å². The largest absolute Gasteiger partial charge is 0.455 e. The average molecular weight is 398 g/mol. The van der Waals surface area contributed by atoms with Crippen LogP contribution in [0.25, 0.3) is 0 Å². The van der Waals surface area contributed by atoms with Crippen LogP contribution < -0.4 is 10.1 Å². The quantitative estimate of drug-likeness (QED) is 0.507. The van der Waals surface area contributed by atoms with Gasteiger partial charge in [0.2, 0.25) is 5.91 Å². The summed E-state index contributed by atoms with van der Waals surface area (Å²) in [5, 5.41) is 3.44. The van der Waals surface area contributed by atoms with Crippen LogP contribution in [0.15, 0.2) is 72.8 Å². The number of carbonyl (C=O) groups excluding carboxylic acids is 1. The highest BCUT2D eigenvalue weighted by Gasteiger charge is 2.10. The van der Waals surface area contributed by atoms with Crippen LogP contribution in [-0.2, 0) is 10.5 Å². The van der Waals surface area contributed by atoms with Crippen molar-refractivity contribution in [2.75, 3.05) is 11.1 Å². The van der Waals surface area contributed by atoms with E-state index in [4.69, 9.17) is 16.3 Å². The Balaban J connectivity index is 1.60. The highest BCUT2D eigenvalue weighted by molar-refractivity contribution is 7.99. The first-order chi connectivity index (χ1) is 13.1. The second-order valence-corrected chi connectivity index (χ2v) is 7.51. The molecule has 0 aliphatic rings. The van der Waals surface area contributed by atoms with Gasteiger partial charge >= 0.3 is 0 Å². The van der Waals surface area contributed by atoms with Crippen molar-refractivity contribution >= 4 is 35.0 Å². The maximum atomic E-state index is 12.4. The minimum absolute atomic E-state index is 0.0900. The summed E-state index contributed by atoms with van der Waals surface area (Å²) in [6.45, 7) is 2.06. The Morgan fingerprint density at radius 2 is 1.85 bits per heavy atom. The van der Waals surface area contributed by atoms with Crippen LogP contribution in [0.5, 0.6) is 11.5 Å². The number of nitrogens with one attached hydrogen (secondary N) is 1. The molecule has 0 unspecified atom stereocenters. The molecule has 0 bridgehead atoms. The zero-order chi connectivity index (χ0) is 19.1. The van der Waals surface area contributed by atoms with Crippen molar-refractivity contribution in [1.82, 2.24) is 0 Å². The third kappa shape index (κ3) is 6.05. The van der Waals surface area contributed by atoms with Crippen LogP contribution in [0.2, 0.25) is 5.02 Å². The number of hydrogen-bond acceptors (Lipinski definition) is 3. The third-order valence-electron chi connectivity index (χ3n) is 3.77. The lowest BCUT2D eigenvalue weighted by molar-refractivity contribution is -0.113. The van der Waals surface area contributed by atoms with Crippen LogP contribution in [-0.4, -0.2) is 11.7 Å². The third-order valence-corrected chi connectivity index (χ3v) is 5.01. The van der Waals surface area contributed by atoms with E-state index < -0.39 is 0 Å². The SMILES string of the molecule is Cc1cccc(CSCC(=O)Nc2cc(Cl)ccc2Oc2ccccc2)c1. The zero-order valence-electron chi connectivity index (χ0n) is 14.9. The summed E-state index contributed by atoms with van der Waals surface area (Å²) in [6, 6.07) is 22.9. The summed E-state index contributed by atoms with van der Waals surface area (Å²) in [4.78, 5) is 12.4. The number of amides is 1. The van der Waals surface area contributed by atoms with Crippen LogP contribution in [0, 0.1) is 6.92 Å². The second kappa shape index (κ2) is 9.49. The Hall–Kier alpha value is -2.43. The van der Waals surface area contributed by atoms with Gasteiger partial charge in [-0.25, -0.2) is 0 Å². The van der Waals surface area contributed by atoms with E-state index in [-0.39, 0.29) is 5.91 Å². The predicted molar refractivity (Wildman–Crippen MR) is 114 cm³/mol. The van der Waals surface area contributed by atoms with Crippen LogP contribution >= 0.6 is 23.4 Å². The Kier molecular flexibility index (Phi) is 6.80. The molecular formula is C22H20ClNO2S. The van der Waals surface area contributed by atoms with Crippen LogP contribution in [0.1, 0.15) is 11.1 Å². The molecule has 1 N–H and O–H groups in total. The smallest absolute Gasteiger partial charge is 0.234 e. The highest BCUT2D eigenvalue weighted by atomic mass is 35.5. The zero-order valence-corrected chi connectivity index (χ0v) is 16.5. The van der Waals surface area contributed by atoms with E-state index >= 15 is 0 Å². The van der Waals surface area contributed by atoms with E-state index in [0.29, 0.717) is 28.0 Å². The molecule has 0 heterocycles. The molecule has 0 saturated carbocycles. The van der Waals surface area contributed by atoms with Gasteiger partial charge < -0.3 is 10.1 Å². The number of carbonyl (C=O) groups is 1. The van der Waals surface area contributed by atoms with Crippen LogP contribution in [0.3, 0.4) is 0 Å². The fourth-order valence-corrected chi connectivity index (χ4v) is 3.50. The monoisotopic (exact) mass is 397 g/mol. The molecule has 0 saturated heterocycles. The van der Waals surface area contributed by atoms with Crippen molar-refractivity contribution in [3.05, 3.63) is 88.9 Å². The lowest BCUT2D eigenvalue weighted by Gasteiger charge is -2.13. The molecule has 3 rings (SSSR count). The van der Waals surface area contributed by atoms with E-state index in [1.807, 2.05) is 36.4 Å². The molecule has 0 radical (unpaired) electrons. The fourth-order valence-electron chi connectivity index (χ4n) is 2.55. The maximum Gasteiger partial charge on any atom is 0.234 e. The summed E-state index contributed by atoms with van der Waals surface area (Å²) in [6.07, 6.45) is 0. The lowest BCUT2D eigenvalue weighted by atomic mass is 10.2. The minimum atomic E-state index is -0.0900. The number of anilines is 1. The maximum absolute atomic E-state index is 12.4. The summed E-state index contributed by atoms with van der Waals surface area (Å²) >= 11 is 7.66. The van der Waals surface area contributed by atoms with E-state index in [0.717, 1.165) is 5.75 Å². The first-order valence-electron chi connectivity index (χ1n) is 8.56. The van der Waals surface area contributed by atoms with E-state index in [2.05, 4.69) is 30.4 Å². The number of ether oxygens (including phenoxy) is 1. The van der Waals surface area contributed by atoms with E-state index in [9.17, 15) is 4.79 Å². The normalized spacial score (nSPS) is 10.4. The Bertz CT molecular complexity index is 915. The number of rotatable bonds is 7. The molecule has 0 spiro atoms. The van der Waals surface area contributed by atoms with Gasteiger partial charge in [0.1, 0.15) is 5.75 Å². The van der Waals surface area contributed by atoms with Gasteiger partial charge in [0.25, 0.3) is 0 Å². The molecule has 0 aromatic heterocycles. The van der Waals surface area contributed by atoms with Crippen molar-refractivity contribution in [2.45, 2.75) is 12.7 Å². The van der Waals surface area contributed by atoms with Gasteiger partial charge in [0.15, 0.2) is 5.75 Å². The molecule has 1 amide bonds. The highest BCUT2D eigenvalue weighted by Crippen LogP contribution is 2.32. The van der Waals surface area contributed by atoms with Gasteiger partial charge in [0.05, 0.1) is 11.4 Å². The summed E-state index contributed by atoms with van der Waals surface area (Å²) in [5.74, 6) is 2.31. The molecular weight excluding hydrogens is 378 g/mol. The van der Waals surface area contributed by atoms with Crippen molar-refractivity contribution in [3.63, 3.8) is 0 Å². The lowest BCUT2D eigenvalue weighted by Crippen LogP contribution is -2.14. The minimum Gasteiger partial charge on any atom is -0.455 e. The predicted octanol–water partition coefficient (Wildman–Crippen LogP) is 6.31. The second-order valence-electron chi connectivity index (χ2n) is 6.09. The number of hydrogen-bond donors (Lipinski definition) is 1. The molecule has 0 aliphatic heterocycles. The Morgan fingerprint density at radius 3 is 2.63 bits per heavy atom. The van der Waals surface area contributed by atoms with Gasteiger partial charge in [-0.2, -0.15) is 0 Å². The Labute approximate surface area is 168 Å². The summed E-state index contributed by atoms with van der Waals surface area (Å²) in [5.41, 5.74) is 3.00. The molecule has 3 aromatic rings. The number of aryl methyl sites for hydroxylation is 1. The van der Waals surface area contributed by atoms with Gasteiger partial charge in [-0.1, -0.05) is 59.6 Å². The van der Waals surface area contributed by atoms with E-state index in [1.54, 1.807) is 30.0 Å². The molecule has 3 nitrogen and oxygen atoms in total. The molecule has 27 heavy (non-hydrogen) atoms. The standard InChI is InChI=1S/C22H20ClNO2S/c1-16-6-5-7-17(12-16)14-27-15-22(25)24-20-13-18(23)10-11-21(20)26-19-8-3-2-4-9-19/h2-13H,14-15H2,1H3,(H,24,25). The first-order valence-corrected chi connectivity index (χ1v) is 10.1. The topological polar surface area (TPSA) is 38.3 Å². The molecule has 0 fully saturated rings. The van der Waals surface area contributed by atoms with Gasteiger partial charge in [0, 0.05) is 10.8 Å². The molecule has 5 heteroatoms. The molecule has 0 aliphatic carbocycles. The summed E-state index contributed by atoms with van der Waals surface area (Å²) in [7, 11) is 0. The number of benzene rings is 3. The van der Waals surface area contributed by atoms with Crippen LogP contribution in [0.4, 0.5) is 5.69 Å². The fraction of sp³-hybridized carbons (Fsp3) is 0.136. The number of halogens is 1. The molecule has 138 valence electrons. The van der Waals surface area contributed by atoms with Crippen molar-refractivity contribution in [2.24, 2.45) is 0 Å². The van der Waals surface area contributed by atoms with Gasteiger partial charge in [-0.05, 0) is 42.8 Å².